The summed E-state index contributed by atoms with van der Waals surface area (Å²) >= 11 is 0. The Bertz CT molecular complexity index is 298. The van der Waals surface area contributed by atoms with Crippen molar-refractivity contribution in [2.45, 2.75) is 18.9 Å². The third-order valence-corrected chi connectivity index (χ3v) is 2.87. The maximum absolute atomic E-state index is 5.13. The lowest BCUT2D eigenvalue weighted by Gasteiger charge is -2.26. The Kier molecular flexibility index (Phi) is 3.17. The van der Waals surface area contributed by atoms with Gasteiger partial charge in [0.25, 0.3) is 0 Å². The maximum atomic E-state index is 5.13. The van der Waals surface area contributed by atoms with Gasteiger partial charge < -0.3 is 10.1 Å². The van der Waals surface area contributed by atoms with E-state index in [1.807, 2.05) is 0 Å². The molecule has 14 heavy (non-hydrogen) atoms. The van der Waals surface area contributed by atoms with Crippen LogP contribution in [0.25, 0.3) is 0 Å². The molecule has 0 fully saturated rings. The minimum Gasteiger partial charge on any atom is -0.385 e. The molecule has 1 heterocycles. The number of benzene rings is 1. The van der Waals surface area contributed by atoms with Crippen LogP contribution in [0.5, 0.6) is 0 Å². The van der Waals surface area contributed by atoms with E-state index in [9.17, 15) is 0 Å². The van der Waals surface area contributed by atoms with E-state index in [-0.39, 0.29) is 0 Å². The summed E-state index contributed by atoms with van der Waals surface area (Å²) in [4.78, 5) is 0. The molecule has 0 amide bonds. The molecule has 1 aromatic rings. The van der Waals surface area contributed by atoms with Gasteiger partial charge in [0.1, 0.15) is 0 Å². The molecule has 0 saturated carbocycles. The summed E-state index contributed by atoms with van der Waals surface area (Å²) in [7, 11) is 1.77. The first kappa shape index (κ1) is 9.69. The van der Waals surface area contributed by atoms with Gasteiger partial charge in [-0.2, -0.15) is 0 Å². The van der Waals surface area contributed by atoms with Crippen molar-refractivity contribution < 1.29 is 4.74 Å². The Morgan fingerprint density at radius 2 is 2.29 bits per heavy atom. The quantitative estimate of drug-likeness (QED) is 0.788. The standard InChI is InChI=1S/C12H17NO/c1-14-7-6-11-9-13-8-10-4-2-3-5-12(10)11/h2-5,11,13H,6-9H2,1H3. The third kappa shape index (κ3) is 1.97. The number of ether oxygens (including phenoxy) is 1. The molecule has 2 nitrogen and oxygen atoms in total. The zero-order chi connectivity index (χ0) is 9.80. The van der Waals surface area contributed by atoms with Gasteiger partial charge in [-0.25, -0.2) is 0 Å². The Balaban J connectivity index is 2.14. The van der Waals surface area contributed by atoms with Crippen molar-refractivity contribution in [2.75, 3.05) is 20.3 Å². The number of methoxy groups -OCH3 is 1. The molecule has 0 saturated heterocycles. The topological polar surface area (TPSA) is 21.3 Å². The van der Waals surface area contributed by atoms with Gasteiger partial charge in [-0.3, -0.25) is 0 Å². The molecular weight excluding hydrogens is 174 g/mol. The highest BCUT2D eigenvalue weighted by Crippen LogP contribution is 2.26. The van der Waals surface area contributed by atoms with E-state index in [1.165, 1.54) is 11.1 Å². The van der Waals surface area contributed by atoms with Gasteiger partial charge in [-0.15, -0.1) is 0 Å². The summed E-state index contributed by atoms with van der Waals surface area (Å²) in [6.07, 6.45) is 1.11. The van der Waals surface area contributed by atoms with Crippen LogP contribution in [0, 0.1) is 0 Å². The van der Waals surface area contributed by atoms with Gasteiger partial charge in [-0.1, -0.05) is 24.3 Å². The molecule has 76 valence electrons. The molecule has 0 radical (unpaired) electrons. The average molecular weight is 191 g/mol. The molecule has 1 N–H and O–H groups in total. The first-order valence-electron chi connectivity index (χ1n) is 5.19. The number of rotatable bonds is 3. The van der Waals surface area contributed by atoms with Crippen LogP contribution in [0.15, 0.2) is 24.3 Å². The molecular formula is C12H17NO. The van der Waals surface area contributed by atoms with E-state index in [1.54, 1.807) is 7.11 Å². The summed E-state index contributed by atoms with van der Waals surface area (Å²) in [5, 5.41) is 3.44. The molecule has 0 aromatic heterocycles. The SMILES string of the molecule is COCCC1CNCc2ccccc21. The fraction of sp³-hybridized carbons (Fsp3) is 0.500. The number of hydrogen-bond donors (Lipinski definition) is 1. The van der Waals surface area contributed by atoms with E-state index in [0.29, 0.717) is 5.92 Å². The molecule has 1 aromatic carbocycles. The van der Waals surface area contributed by atoms with Crippen LogP contribution >= 0.6 is 0 Å². The first-order valence-corrected chi connectivity index (χ1v) is 5.19. The summed E-state index contributed by atoms with van der Waals surface area (Å²) in [5.74, 6) is 0.625. The minimum atomic E-state index is 0.625. The van der Waals surface area contributed by atoms with Gasteiger partial charge in [0.05, 0.1) is 0 Å². The highest BCUT2D eigenvalue weighted by Gasteiger charge is 2.18. The zero-order valence-electron chi connectivity index (χ0n) is 8.62. The van der Waals surface area contributed by atoms with Crippen LogP contribution in [0.1, 0.15) is 23.5 Å². The molecule has 1 atom stereocenters. The largest absolute Gasteiger partial charge is 0.385 e. The van der Waals surface area contributed by atoms with Crippen LogP contribution in [-0.2, 0) is 11.3 Å². The van der Waals surface area contributed by atoms with Crippen molar-refractivity contribution >= 4 is 0 Å². The fourth-order valence-corrected chi connectivity index (χ4v) is 2.10. The Morgan fingerprint density at radius 1 is 1.43 bits per heavy atom. The first-order chi connectivity index (χ1) is 6.92. The van der Waals surface area contributed by atoms with Crippen LogP contribution in [0.2, 0.25) is 0 Å². The van der Waals surface area contributed by atoms with E-state index < -0.39 is 0 Å². The molecule has 1 aliphatic heterocycles. The van der Waals surface area contributed by atoms with Gasteiger partial charge in [0.15, 0.2) is 0 Å². The summed E-state index contributed by atoms with van der Waals surface area (Å²) in [6, 6.07) is 8.70. The fourth-order valence-electron chi connectivity index (χ4n) is 2.10. The zero-order valence-corrected chi connectivity index (χ0v) is 8.62. The van der Waals surface area contributed by atoms with E-state index in [0.717, 1.165) is 26.1 Å². The monoisotopic (exact) mass is 191 g/mol. The van der Waals surface area contributed by atoms with Gasteiger partial charge >= 0.3 is 0 Å². The molecule has 0 spiro atoms. The minimum absolute atomic E-state index is 0.625. The number of hydrogen-bond acceptors (Lipinski definition) is 2. The lowest BCUT2D eigenvalue weighted by Crippen LogP contribution is -2.28. The van der Waals surface area contributed by atoms with Crippen LogP contribution in [0.3, 0.4) is 0 Å². The Hall–Kier alpha value is -0.860. The van der Waals surface area contributed by atoms with E-state index in [2.05, 4.69) is 29.6 Å². The second-order valence-corrected chi connectivity index (χ2v) is 3.81. The number of fused-ring (bicyclic) bond motifs is 1. The lowest BCUT2D eigenvalue weighted by atomic mass is 9.89. The molecule has 1 aliphatic rings. The smallest absolute Gasteiger partial charge is 0.0468 e. The molecule has 1 unspecified atom stereocenters. The number of nitrogens with one attached hydrogen (secondary N) is 1. The predicted octanol–water partition coefficient (Wildman–Crippen LogP) is 1.91. The average Bonchev–Trinajstić information content (AvgIpc) is 2.26. The molecule has 2 heteroatoms. The van der Waals surface area contributed by atoms with Gasteiger partial charge in [0, 0.05) is 26.8 Å². The Labute approximate surface area is 85.3 Å². The lowest BCUT2D eigenvalue weighted by molar-refractivity contribution is 0.186. The molecule has 0 aliphatic carbocycles. The van der Waals surface area contributed by atoms with Crippen molar-refractivity contribution in [1.29, 1.82) is 0 Å². The second-order valence-electron chi connectivity index (χ2n) is 3.81. The summed E-state index contributed by atoms with van der Waals surface area (Å²) < 4.78 is 5.13. The van der Waals surface area contributed by atoms with Crippen LogP contribution < -0.4 is 5.32 Å². The van der Waals surface area contributed by atoms with Crippen molar-refractivity contribution in [3.8, 4) is 0 Å². The second kappa shape index (κ2) is 4.58. The van der Waals surface area contributed by atoms with Crippen LogP contribution in [0.4, 0.5) is 0 Å². The van der Waals surface area contributed by atoms with Gasteiger partial charge in [0.2, 0.25) is 0 Å². The van der Waals surface area contributed by atoms with Crippen molar-refractivity contribution in [1.82, 2.24) is 5.32 Å². The van der Waals surface area contributed by atoms with Crippen LogP contribution in [-0.4, -0.2) is 20.3 Å². The summed E-state index contributed by atoms with van der Waals surface area (Å²) in [6.45, 7) is 2.95. The van der Waals surface area contributed by atoms with Crippen molar-refractivity contribution in [2.24, 2.45) is 0 Å². The maximum Gasteiger partial charge on any atom is 0.0468 e. The third-order valence-electron chi connectivity index (χ3n) is 2.87. The van der Waals surface area contributed by atoms with Gasteiger partial charge in [-0.05, 0) is 23.5 Å². The highest BCUT2D eigenvalue weighted by atomic mass is 16.5. The normalized spacial score (nSPS) is 20.5. The molecule has 2 rings (SSSR count). The Morgan fingerprint density at radius 3 is 3.14 bits per heavy atom. The highest BCUT2D eigenvalue weighted by molar-refractivity contribution is 5.32. The predicted molar refractivity (Wildman–Crippen MR) is 57.4 cm³/mol. The van der Waals surface area contributed by atoms with Crippen molar-refractivity contribution in [3.05, 3.63) is 35.4 Å². The van der Waals surface area contributed by atoms with E-state index in [4.69, 9.17) is 4.74 Å². The molecule has 0 bridgehead atoms. The van der Waals surface area contributed by atoms with E-state index >= 15 is 0 Å². The summed E-state index contributed by atoms with van der Waals surface area (Å²) in [5.41, 5.74) is 2.95. The van der Waals surface area contributed by atoms with Crippen molar-refractivity contribution in [3.63, 3.8) is 0 Å².